The van der Waals surface area contributed by atoms with E-state index in [4.69, 9.17) is 0 Å². The van der Waals surface area contributed by atoms with Gasteiger partial charge in [0.05, 0.1) is 21.1 Å². The van der Waals surface area contributed by atoms with Crippen LogP contribution in [-0.2, 0) is 4.79 Å². The zero-order chi connectivity index (χ0) is 24.8. The molecule has 4 nitrogen and oxygen atoms in total. The summed E-state index contributed by atoms with van der Waals surface area (Å²) in [5.74, 6) is -1.26. The average molecular weight is 458 g/mol. The summed E-state index contributed by atoms with van der Waals surface area (Å²) in [7, 11) is 5.71. The van der Waals surface area contributed by atoms with Gasteiger partial charge in [-0.3, -0.25) is 0 Å². The summed E-state index contributed by atoms with van der Waals surface area (Å²) in [4.78, 5) is 11.0. The molecule has 0 saturated heterocycles. The molecule has 0 saturated carbocycles. The van der Waals surface area contributed by atoms with E-state index < -0.39 is 18.0 Å². The van der Waals surface area contributed by atoms with Gasteiger partial charge in [0.25, 0.3) is 0 Å². The molecule has 0 rings (SSSR count). The number of allylic oxidation sites excluding steroid dienone is 11. The minimum absolute atomic E-state index is 0.282. The van der Waals surface area contributed by atoms with Gasteiger partial charge in [-0.05, 0) is 18.9 Å². The number of likely N-dealkylation sites (N-methyl/N-ethyl adjacent to an activating group) is 1. The molecule has 0 heterocycles. The molecule has 0 bridgehead atoms. The molecule has 4 heteroatoms. The Morgan fingerprint density at radius 2 is 1.21 bits per heavy atom. The normalized spacial score (nSPS) is 15.3. The maximum atomic E-state index is 11.0. The number of rotatable bonds is 19. The van der Waals surface area contributed by atoms with Crippen LogP contribution in [0.2, 0.25) is 0 Å². The zero-order valence-corrected chi connectivity index (χ0v) is 21.4. The molecule has 0 aliphatic heterocycles. The van der Waals surface area contributed by atoms with Crippen molar-refractivity contribution in [1.82, 2.24) is 0 Å². The number of aliphatic carboxylic acids is 1. The van der Waals surface area contributed by atoms with Crippen molar-refractivity contribution in [2.24, 2.45) is 0 Å². The molecule has 0 aromatic carbocycles. The van der Waals surface area contributed by atoms with Gasteiger partial charge in [-0.2, -0.15) is 0 Å². The summed E-state index contributed by atoms with van der Waals surface area (Å²) in [6.07, 6.45) is 34.4. The number of hydrogen-bond donors (Lipinski definition) is 1. The van der Waals surface area contributed by atoms with Crippen molar-refractivity contribution in [3.8, 4) is 0 Å². The molecule has 1 unspecified atom stereocenters. The molecular formula is C29H47NO3. The first kappa shape index (κ1) is 30.8. The number of carbonyl (C=O) groups excluding carboxylic acids is 1. The quantitative estimate of drug-likeness (QED) is 0.160. The van der Waals surface area contributed by atoms with Gasteiger partial charge in [0.1, 0.15) is 12.1 Å². The van der Waals surface area contributed by atoms with Crippen molar-refractivity contribution in [2.45, 2.75) is 76.7 Å². The number of nitrogens with zero attached hydrogens (tertiary/aromatic N) is 1. The Hall–Kier alpha value is -2.17. The van der Waals surface area contributed by atoms with Crippen LogP contribution in [0.1, 0.15) is 71.1 Å². The largest absolute Gasteiger partial charge is 0.550 e. The first-order valence-corrected chi connectivity index (χ1v) is 12.4. The van der Waals surface area contributed by atoms with Gasteiger partial charge in [-0.15, -0.1) is 0 Å². The SMILES string of the molecule is CCCCCCCCCCC=CC=CC=CC=CC=CC=CC(O)(CC(=O)[O-])C[N+](C)(C)C. The molecule has 1 N–H and O–H groups in total. The number of unbranched alkanes of at least 4 members (excludes halogenated alkanes) is 8. The van der Waals surface area contributed by atoms with Gasteiger partial charge in [-0.25, -0.2) is 0 Å². The van der Waals surface area contributed by atoms with E-state index in [-0.39, 0.29) is 6.54 Å². The Balaban J connectivity index is 4.10. The molecule has 0 aliphatic rings. The van der Waals surface area contributed by atoms with Crippen molar-refractivity contribution in [3.63, 3.8) is 0 Å². The third-order valence-electron chi connectivity index (χ3n) is 4.97. The van der Waals surface area contributed by atoms with E-state index in [2.05, 4.69) is 19.1 Å². The van der Waals surface area contributed by atoms with Gasteiger partial charge in [0.15, 0.2) is 0 Å². The Labute approximate surface area is 203 Å². The minimum atomic E-state index is -1.43. The van der Waals surface area contributed by atoms with Crippen LogP contribution in [0.3, 0.4) is 0 Å². The van der Waals surface area contributed by atoms with E-state index in [9.17, 15) is 15.0 Å². The lowest BCUT2D eigenvalue weighted by atomic mass is 9.97. The number of aliphatic hydroxyl groups is 1. The van der Waals surface area contributed by atoms with E-state index in [1.807, 2.05) is 63.7 Å². The van der Waals surface area contributed by atoms with Crippen LogP contribution in [0.4, 0.5) is 0 Å². The Morgan fingerprint density at radius 3 is 1.70 bits per heavy atom. The summed E-state index contributed by atoms with van der Waals surface area (Å²) in [5.41, 5.74) is -1.43. The summed E-state index contributed by atoms with van der Waals surface area (Å²) in [6.45, 7) is 2.54. The molecule has 1 atom stereocenters. The summed E-state index contributed by atoms with van der Waals surface area (Å²) in [5, 5.41) is 21.5. The summed E-state index contributed by atoms with van der Waals surface area (Å²) < 4.78 is 0.449. The van der Waals surface area contributed by atoms with Crippen LogP contribution in [0, 0.1) is 0 Å². The monoisotopic (exact) mass is 457 g/mol. The Bertz CT molecular complexity index is 677. The second-order valence-corrected chi connectivity index (χ2v) is 9.69. The number of carboxylic acid groups (broad SMARTS) is 1. The van der Waals surface area contributed by atoms with Crippen LogP contribution < -0.4 is 5.11 Å². The smallest absolute Gasteiger partial charge is 0.137 e. The van der Waals surface area contributed by atoms with Crippen molar-refractivity contribution in [3.05, 3.63) is 72.9 Å². The van der Waals surface area contributed by atoms with Gasteiger partial charge in [-0.1, -0.05) is 119 Å². The third kappa shape index (κ3) is 22.8. The number of hydrogen-bond acceptors (Lipinski definition) is 3. The first-order valence-electron chi connectivity index (χ1n) is 12.4. The molecule has 33 heavy (non-hydrogen) atoms. The molecule has 0 radical (unpaired) electrons. The molecule has 0 aromatic heterocycles. The van der Waals surface area contributed by atoms with Gasteiger partial charge in [0.2, 0.25) is 0 Å². The second kappa shape index (κ2) is 19.3. The molecule has 0 aromatic rings. The maximum Gasteiger partial charge on any atom is 0.137 e. The molecular weight excluding hydrogens is 410 g/mol. The minimum Gasteiger partial charge on any atom is -0.550 e. The van der Waals surface area contributed by atoms with Gasteiger partial charge in [0, 0.05) is 12.4 Å². The van der Waals surface area contributed by atoms with Gasteiger partial charge < -0.3 is 19.5 Å². The highest BCUT2D eigenvalue weighted by molar-refractivity contribution is 5.66. The highest BCUT2D eigenvalue weighted by Gasteiger charge is 2.30. The van der Waals surface area contributed by atoms with E-state index in [0.717, 1.165) is 6.42 Å². The molecule has 0 aliphatic carbocycles. The van der Waals surface area contributed by atoms with Crippen LogP contribution in [-0.4, -0.2) is 48.8 Å². The fraction of sp³-hybridized carbons (Fsp3) is 0.552. The zero-order valence-electron chi connectivity index (χ0n) is 21.4. The highest BCUT2D eigenvalue weighted by Crippen LogP contribution is 2.16. The second-order valence-electron chi connectivity index (χ2n) is 9.69. The number of carbonyl (C=O) groups is 1. The topological polar surface area (TPSA) is 60.4 Å². The highest BCUT2D eigenvalue weighted by atomic mass is 16.4. The van der Waals surface area contributed by atoms with Crippen molar-refractivity contribution in [1.29, 1.82) is 0 Å². The van der Waals surface area contributed by atoms with Crippen LogP contribution in [0.15, 0.2) is 72.9 Å². The standard InChI is InChI=1S/C29H47NO3/c1-5-6-7-8-9-10-11-12-13-14-15-16-17-18-19-20-21-22-23-24-25-29(33,26-28(31)32)27-30(2,3)4/h14-25,33H,5-13,26-27H2,1-4H3. The van der Waals surface area contributed by atoms with E-state index in [1.54, 1.807) is 12.2 Å². The lowest BCUT2D eigenvalue weighted by Gasteiger charge is -2.34. The Kier molecular flexibility index (Phi) is 18.0. The number of carboxylic acids is 1. The van der Waals surface area contributed by atoms with E-state index >= 15 is 0 Å². The predicted molar refractivity (Wildman–Crippen MR) is 140 cm³/mol. The third-order valence-corrected chi connectivity index (χ3v) is 4.97. The summed E-state index contributed by atoms with van der Waals surface area (Å²) in [6, 6.07) is 0. The van der Waals surface area contributed by atoms with Crippen molar-refractivity contribution >= 4 is 5.97 Å². The average Bonchev–Trinajstić information content (AvgIpc) is 2.70. The maximum absolute atomic E-state index is 11.0. The van der Waals surface area contributed by atoms with Crippen LogP contribution >= 0.6 is 0 Å². The van der Waals surface area contributed by atoms with E-state index in [1.165, 1.54) is 57.4 Å². The molecule has 0 fully saturated rings. The van der Waals surface area contributed by atoms with E-state index in [0.29, 0.717) is 4.48 Å². The first-order chi connectivity index (χ1) is 15.7. The Morgan fingerprint density at radius 1 is 0.758 bits per heavy atom. The van der Waals surface area contributed by atoms with Crippen LogP contribution in [0.5, 0.6) is 0 Å². The van der Waals surface area contributed by atoms with Crippen molar-refractivity contribution < 1.29 is 19.5 Å². The molecule has 0 amide bonds. The summed E-state index contributed by atoms with van der Waals surface area (Å²) >= 11 is 0. The fourth-order valence-electron chi connectivity index (χ4n) is 3.56. The fourth-order valence-corrected chi connectivity index (χ4v) is 3.56. The number of quaternary nitrogens is 1. The predicted octanol–water partition coefficient (Wildman–Crippen LogP) is 5.43. The van der Waals surface area contributed by atoms with Crippen LogP contribution in [0.25, 0.3) is 0 Å². The van der Waals surface area contributed by atoms with Crippen molar-refractivity contribution in [2.75, 3.05) is 27.7 Å². The molecule has 0 spiro atoms. The molecule has 186 valence electrons. The lowest BCUT2D eigenvalue weighted by molar-refractivity contribution is -0.876. The lowest BCUT2D eigenvalue weighted by Crippen LogP contribution is -2.50. The van der Waals surface area contributed by atoms with Gasteiger partial charge >= 0.3 is 0 Å².